The summed E-state index contributed by atoms with van der Waals surface area (Å²) in [7, 11) is 3.45. The third kappa shape index (κ3) is 5.24. The van der Waals surface area contributed by atoms with Crippen LogP contribution in [0.15, 0.2) is 0 Å². The molecule has 3 N–H and O–H groups in total. The van der Waals surface area contributed by atoms with Crippen molar-refractivity contribution in [3.8, 4) is 12.3 Å². The minimum absolute atomic E-state index is 0.0247. The van der Waals surface area contributed by atoms with E-state index in [-0.39, 0.29) is 24.0 Å². The molecule has 2 bridgehead atoms. The highest BCUT2D eigenvalue weighted by atomic mass is 16.6. The molecule has 3 heterocycles. The first kappa shape index (κ1) is 25.7. The first-order valence-corrected chi connectivity index (χ1v) is 11.9. The number of urea groups is 1. The van der Waals surface area contributed by atoms with Crippen LogP contribution in [0.3, 0.4) is 0 Å². The van der Waals surface area contributed by atoms with Gasteiger partial charge in [-0.05, 0) is 65.2 Å². The summed E-state index contributed by atoms with van der Waals surface area (Å²) in [6.45, 7) is 5.23. The third-order valence-corrected chi connectivity index (χ3v) is 6.94. The van der Waals surface area contributed by atoms with Gasteiger partial charge in [0, 0.05) is 26.2 Å². The number of alkyl carbamates (subject to hydrolysis) is 1. The van der Waals surface area contributed by atoms with Crippen LogP contribution < -0.4 is 11.1 Å². The summed E-state index contributed by atoms with van der Waals surface area (Å²) in [6, 6.07) is -2.42. The van der Waals surface area contributed by atoms with E-state index in [0.717, 1.165) is 12.8 Å². The van der Waals surface area contributed by atoms with E-state index in [1.807, 2.05) is 4.90 Å². The lowest BCUT2D eigenvalue weighted by Crippen LogP contribution is -2.60. The number of fused-ring (bicyclic) bond motifs is 2. The quantitative estimate of drug-likeness (QED) is 0.593. The fourth-order valence-electron chi connectivity index (χ4n) is 5.57. The summed E-state index contributed by atoms with van der Waals surface area (Å²) < 4.78 is 5.44. The van der Waals surface area contributed by atoms with Crippen molar-refractivity contribution in [2.45, 2.75) is 95.1 Å². The molecule has 0 saturated carbocycles. The summed E-state index contributed by atoms with van der Waals surface area (Å²) in [5.41, 5.74) is 4.83. The van der Waals surface area contributed by atoms with Gasteiger partial charge in [-0.15, -0.1) is 6.42 Å². The average molecular weight is 476 g/mol. The van der Waals surface area contributed by atoms with Gasteiger partial charge in [0.15, 0.2) is 0 Å². The predicted molar refractivity (Wildman–Crippen MR) is 125 cm³/mol. The molecule has 10 heteroatoms. The SMILES string of the molecule is C#CC1CCC(C(N)=O)N1C(=O)C(NC(=O)OC(C)(C)C)C1CC2CCC(C1)N2C(=O)N(C)C. The van der Waals surface area contributed by atoms with Crippen LogP contribution in [-0.4, -0.2) is 88.5 Å². The number of primary amides is 1. The molecule has 188 valence electrons. The number of rotatable bonds is 4. The summed E-state index contributed by atoms with van der Waals surface area (Å²) in [5, 5.41) is 2.77. The van der Waals surface area contributed by atoms with Crippen molar-refractivity contribution in [2.75, 3.05) is 14.1 Å². The van der Waals surface area contributed by atoms with Gasteiger partial charge in [0.25, 0.3) is 0 Å². The van der Waals surface area contributed by atoms with Crippen molar-refractivity contribution in [3.05, 3.63) is 0 Å². The molecule has 0 spiro atoms. The molecule has 10 nitrogen and oxygen atoms in total. The van der Waals surface area contributed by atoms with Crippen molar-refractivity contribution < 1.29 is 23.9 Å². The van der Waals surface area contributed by atoms with Gasteiger partial charge < -0.3 is 30.5 Å². The molecule has 3 saturated heterocycles. The number of carbonyl (C=O) groups excluding carboxylic acids is 4. The number of hydrogen-bond acceptors (Lipinski definition) is 5. The molecule has 0 aromatic carbocycles. The van der Waals surface area contributed by atoms with Gasteiger partial charge >= 0.3 is 12.1 Å². The maximum Gasteiger partial charge on any atom is 0.408 e. The number of nitrogens with one attached hydrogen (secondary N) is 1. The van der Waals surface area contributed by atoms with E-state index in [1.165, 1.54) is 4.90 Å². The van der Waals surface area contributed by atoms with E-state index in [9.17, 15) is 19.2 Å². The second kappa shape index (κ2) is 9.72. The number of amides is 5. The normalized spacial score (nSPS) is 29.2. The van der Waals surface area contributed by atoms with E-state index in [2.05, 4.69) is 11.2 Å². The number of ether oxygens (including phenoxy) is 1. The zero-order valence-corrected chi connectivity index (χ0v) is 20.7. The Morgan fingerprint density at radius 2 is 1.65 bits per heavy atom. The van der Waals surface area contributed by atoms with E-state index in [1.54, 1.807) is 39.8 Å². The zero-order valence-electron chi connectivity index (χ0n) is 20.7. The summed E-state index contributed by atoms with van der Waals surface area (Å²) >= 11 is 0. The Morgan fingerprint density at radius 1 is 1.06 bits per heavy atom. The zero-order chi connectivity index (χ0) is 25.4. The number of terminal acetylenes is 1. The van der Waals surface area contributed by atoms with E-state index < -0.39 is 41.6 Å². The molecule has 5 amide bonds. The Morgan fingerprint density at radius 3 is 2.12 bits per heavy atom. The van der Waals surface area contributed by atoms with Crippen molar-refractivity contribution in [3.63, 3.8) is 0 Å². The van der Waals surface area contributed by atoms with Gasteiger partial charge in [0.05, 0.1) is 6.04 Å². The van der Waals surface area contributed by atoms with Gasteiger partial charge in [0.1, 0.15) is 17.7 Å². The monoisotopic (exact) mass is 475 g/mol. The number of carbonyl (C=O) groups is 4. The molecule has 0 aliphatic carbocycles. The average Bonchev–Trinajstić information content (AvgIpc) is 3.28. The van der Waals surface area contributed by atoms with Crippen LogP contribution in [0.25, 0.3) is 0 Å². The predicted octanol–water partition coefficient (Wildman–Crippen LogP) is 1.28. The number of nitrogens with zero attached hydrogens (tertiary/aromatic N) is 3. The van der Waals surface area contributed by atoms with Gasteiger partial charge in [-0.2, -0.15) is 0 Å². The second-order valence-corrected chi connectivity index (χ2v) is 10.7. The molecule has 3 aliphatic heterocycles. The van der Waals surface area contributed by atoms with Crippen LogP contribution in [0.4, 0.5) is 9.59 Å². The lowest BCUT2D eigenvalue weighted by molar-refractivity contribution is -0.141. The number of nitrogens with two attached hydrogens (primary N) is 1. The summed E-state index contributed by atoms with van der Waals surface area (Å²) in [4.78, 5) is 56.2. The highest BCUT2D eigenvalue weighted by Crippen LogP contribution is 2.41. The number of likely N-dealkylation sites (tertiary alicyclic amines) is 1. The van der Waals surface area contributed by atoms with Gasteiger partial charge in [-0.25, -0.2) is 9.59 Å². The van der Waals surface area contributed by atoms with Gasteiger partial charge in [-0.3, -0.25) is 9.59 Å². The number of piperidine rings is 1. The van der Waals surface area contributed by atoms with Crippen molar-refractivity contribution in [1.29, 1.82) is 0 Å². The van der Waals surface area contributed by atoms with E-state index >= 15 is 0 Å². The molecule has 5 unspecified atom stereocenters. The molecule has 0 aromatic heterocycles. The maximum atomic E-state index is 13.9. The first-order chi connectivity index (χ1) is 15.8. The lowest BCUT2D eigenvalue weighted by Gasteiger charge is -2.43. The Bertz CT molecular complexity index is 862. The van der Waals surface area contributed by atoms with Crippen molar-refractivity contribution >= 4 is 23.9 Å². The fraction of sp³-hybridized carbons (Fsp3) is 0.750. The molecular formula is C24H37N5O5. The standard InChI is InChI=1S/C24H37N5O5/c1-7-15-10-11-18(20(25)30)29(15)21(31)19(26-22(32)34-24(2,3)4)14-12-16-8-9-17(13-14)28(16)23(33)27(5)6/h1,14-19H,8-13H2,2-6H3,(H2,25,30)(H,26,32). The Balaban J connectivity index is 1.88. The van der Waals surface area contributed by atoms with Crippen molar-refractivity contribution in [2.24, 2.45) is 11.7 Å². The molecule has 34 heavy (non-hydrogen) atoms. The molecule has 3 aliphatic rings. The second-order valence-electron chi connectivity index (χ2n) is 10.7. The van der Waals surface area contributed by atoms with E-state index in [4.69, 9.17) is 16.9 Å². The minimum Gasteiger partial charge on any atom is -0.444 e. The Hall–Kier alpha value is -2.96. The molecular weight excluding hydrogens is 438 g/mol. The fourth-order valence-corrected chi connectivity index (χ4v) is 5.57. The molecule has 3 fully saturated rings. The Kier molecular flexibility index (Phi) is 7.34. The minimum atomic E-state index is -0.939. The summed E-state index contributed by atoms with van der Waals surface area (Å²) in [6.07, 6.45) is 8.60. The molecule has 5 atom stereocenters. The largest absolute Gasteiger partial charge is 0.444 e. The molecule has 3 rings (SSSR count). The van der Waals surface area contributed by atoms with Crippen LogP contribution in [-0.2, 0) is 14.3 Å². The first-order valence-electron chi connectivity index (χ1n) is 11.9. The Labute approximate surface area is 201 Å². The maximum absolute atomic E-state index is 13.9. The van der Waals surface area contributed by atoms with Crippen LogP contribution in [0.5, 0.6) is 0 Å². The summed E-state index contributed by atoms with van der Waals surface area (Å²) in [5.74, 6) is 1.31. The highest BCUT2D eigenvalue weighted by molar-refractivity contribution is 5.92. The van der Waals surface area contributed by atoms with Gasteiger partial charge in [-0.1, -0.05) is 5.92 Å². The molecule has 0 aromatic rings. The lowest BCUT2D eigenvalue weighted by atomic mass is 9.84. The smallest absolute Gasteiger partial charge is 0.408 e. The van der Waals surface area contributed by atoms with Crippen LogP contribution >= 0.6 is 0 Å². The van der Waals surface area contributed by atoms with Crippen LogP contribution in [0.1, 0.15) is 59.3 Å². The molecule has 0 radical (unpaired) electrons. The topological polar surface area (TPSA) is 125 Å². The van der Waals surface area contributed by atoms with Crippen LogP contribution in [0.2, 0.25) is 0 Å². The van der Waals surface area contributed by atoms with Gasteiger partial charge in [0.2, 0.25) is 11.8 Å². The highest BCUT2D eigenvalue weighted by Gasteiger charge is 2.50. The van der Waals surface area contributed by atoms with Crippen molar-refractivity contribution in [1.82, 2.24) is 20.0 Å². The number of hydrogen-bond donors (Lipinski definition) is 2. The third-order valence-electron chi connectivity index (χ3n) is 6.94. The van der Waals surface area contributed by atoms with Crippen LogP contribution in [0, 0.1) is 18.3 Å². The van der Waals surface area contributed by atoms with E-state index in [0.29, 0.717) is 25.7 Å².